The van der Waals surface area contributed by atoms with Gasteiger partial charge in [0.15, 0.2) is 0 Å². The Morgan fingerprint density at radius 3 is 2.79 bits per heavy atom. The smallest absolute Gasteiger partial charge is 0.334 e. The van der Waals surface area contributed by atoms with Gasteiger partial charge in [0, 0.05) is 6.07 Å². The van der Waals surface area contributed by atoms with Crippen LogP contribution in [0.4, 0.5) is 0 Å². The van der Waals surface area contributed by atoms with E-state index in [0.717, 1.165) is 4.57 Å². The van der Waals surface area contributed by atoms with Gasteiger partial charge in [-0.15, -0.1) is 11.3 Å². The normalized spacial score (nSPS) is 10.8. The van der Waals surface area contributed by atoms with Crippen molar-refractivity contribution in [3.8, 4) is 10.8 Å². The molecule has 3 rings (SSSR count). The van der Waals surface area contributed by atoms with Gasteiger partial charge < -0.3 is 9.72 Å². The molecule has 0 aliphatic rings. The number of methoxy groups -OCH3 is 1. The molecule has 0 radical (unpaired) electrons. The Hall–Kier alpha value is -2.34. The zero-order valence-electron chi connectivity index (χ0n) is 10.0. The van der Waals surface area contributed by atoms with Crippen LogP contribution in [0.2, 0.25) is 0 Å². The van der Waals surface area contributed by atoms with Crippen LogP contribution in [-0.2, 0) is 0 Å². The number of fused-ring (bicyclic) bond motifs is 1. The second-order valence-electron chi connectivity index (χ2n) is 3.93. The lowest BCUT2D eigenvalue weighted by atomic mass is 10.2. The summed E-state index contributed by atoms with van der Waals surface area (Å²) >= 11 is 1.34. The van der Waals surface area contributed by atoms with E-state index < -0.39 is 5.69 Å². The van der Waals surface area contributed by atoms with Gasteiger partial charge in [0.2, 0.25) is 0 Å². The number of aromatic nitrogens is 2. The number of hydrogen-bond acceptors (Lipinski definition) is 4. The summed E-state index contributed by atoms with van der Waals surface area (Å²) in [4.78, 5) is 27.1. The number of nitrogens with zero attached hydrogens (tertiary/aromatic N) is 1. The van der Waals surface area contributed by atoms with E-state index in [1.165, 1.54) is 18.4 Å². The van der Waals surface area contributed by atoms with Crippen LogP contribution in [0, 0.1) is 0 Å². The molecule has 0 aliphatic heterocycles. The van der Waals surface area contributed by atoms with E-state index in [2.05, 4.69) is 4.98 Å². The summed E-state index contributed by atoms with van der Waals surface area (Å²) in [7, 11) is 1.53. The number of thiophene rings is 1. The van der Waals surface area contributed by atoms with Crippen molar-refractivity contribution in [1.82, 2.24) is 9.55 Å². The SMILES string of the molecule is COc1ccc2c(=O)n(-c3cccs3)c(=O)[nH]c2c1. The summed E-state index contributed by atoms with van der Waals surface area (Å²) in [6, 6.07) is 8.51. The van der Waals surface area contributed by atoms with Crippen LogP contribution in [0.15, 0.2) is 45.3 Å². The monoisotopic (exact) mass is 274 g/mol. The topological polar surface area (TPSA) is 64.1 Å². The van der Waals surface area contributed by atoms with E-state index >= 15 is 0 Å². The molecule has 96 valence electrons. The van der Waals surface area contributed by atoms with Gasteiger partial charge in [0.1, 0.15) is 10.8 Å². The van der Waals surface area contributed by atoms with Gasteiger partial charge in [0.25, 0.3) is 5.56 Å². The zero-order valence-corrected chi connectivity index (χ0v) is 10.9. The molecule has 19 heavy (non-hydrogen) atoms. The van der Waals surface area contributed by atoms with Crippen molar-refractivity contribution < 1.29 is 4.74 Å². The molecule has 0 aliphatic carbocycles. The predicted molar refractivity (Wildman–Crippen MR) is 74.6 cm³/mol. The Bertz CT molecular complexity index is 846. The zero-order chi connectivity index (χ0) is 13.4. The summed E-state index contributed by atoms with van der Waals surface area (Å²) in [5, 5.41) is 2.87. The van der Waals surface area contributed by atoms with Crippen molar-refractivity contribution in [3.63, 3.8) is 0 Å². The van der Waals surface area contributed by atoms with E-state index in [0.29, 0.717) is 21.7 Å². The lowest BCUT2D eigenvalue weighted by molar-refractivity contribution is 0.415. The molecule has 0 saturated carbocycles. The van der Waals surface area contributed by atoms with Crippen LogP contribution in [0.3, 0.4) is 0 Å². The van der Waals surface area contributed by atoms with E-state index in [1.807, 2.05) is 5.38 Å². The summed E-state index contributed by atoms with van der Waals surface area (Å²) in [6.07, 6.45) is 0. The number of benzene rings is 1. The average molecular weight is 274 g/mol. The number of aromatic amines is 1. The number of H-pyrrole nitrogens is 1. The van der Waals surface area contributed by atoms with Crippen LogP contribution in [0.25, 0.3) is 15.9 Å². The highest BCUT2D eigenvalue weighted by atomic mass is 32.1. The van der Waals surface area contributed by atoms with Gasteiger partial charge in [-0.1, -0.05) is 0 Å². The van der Waals surface area contributed by atoms with Gasteiger partial charge in [-0.2, -0.15) is 0 Å². The van der Waals surface area contributed by atoms with Crippen LogP contribution < -0.4 is 16.0 Å². The molecule has 0 saturated heterocycles. The van der Waals surface area contributed by atoms with Crippen molar-refractivity contribution in [2.45, 2.75) is 0 Å². The quantitative estimate of drug-likeness (QED) is 0.774. The number of nitrogens with one attached hydrogen (secondary N) is 1. The minimum Gasteiger partial charge on any atom is -0.497 e. The van der Waals surface area contributed by atoms with E-state index in [4.69, 9.17) is 4.74 Å². The van der Waals surface area contributed by atoms with Crippen LogP contribution >= 0.6 is 11.3 Å². The Morgan fingerprint density at radius 2 is 2.11 bits per heavy atom. The fourth-order valence-electron chi connectivity index (χ4n) is 1.92. The van der Waals surface area contributed by atoms with Crippen molar-refractivity contribution in [2.24, 2.45) is 0 Å². The van der Waals surface area contributed by atoms with Crippen LogP contribution in [0.5, 0.6) is 5.75 Å². The van der Waals surface area contributed by atoms with Crippen LogP contribution in [-0.4, -0.2) is 16.7 Å². The Labute approximate surface area is 111 Å². The molecular formula is C13H10N2O3S. The highest BCUT2D eigenvalue weighted by Crippen LogP contribution is 2.16. The second kappa shape index (κ2) is 4.40. The molecule has 0 spiro atoms. The van der Waals surface area contributed by atoms with Gasteiger partial charge in [-0.3, -0.25) is 4.79 Å². The fraction of sp³-hybridized carbons (Fsp3) is 0.0769. The molecular weight excluding hydrogens is 264 g/mol. The van der Waals surface area contributed by atoms with Crippen LogP contribution in [0.1, 0.15) is 0 Å². The first-order valence-electron chi connectivity index (χ1n) is 5.57. The highest BCUT2D eigenvalue weighted by Gasteiger charge is 2.10. The Morgan fingerprint density at radius 1 is 1.26 bits per heavy atom. The maximum Gasteiger partial charge on any atom is 0.334 e. The Kier molecular flexibility index (Phi) is 2.72. The van der Waals surface area contributed by atoms with Gasteiger partial charge in [0.05, 0.1) is 18.0 Å². The largest absolute Gasteiger partial charge is 0.497 e. The van der Waals surface area contributed by atoms with Crippen molar-refractivity contribution in [3.05, 3.63) is 56.5 Å². The molecule has 5 nitrogen and oxygen atoms in total. The molecule has 1 aromatic carbocycles. The number of hydrogen-bond donors (Lipinski definition) is 1. The summed E-state index contributed by atoms with van der Waals surface area (Å²) in [5.41, 5.74) is -0.306. The first-order chi connectivity index (χ1) is 9.20. The third-order valence-corrected chi connectivity index (χ3v) is 3.68. The molecule has 0 unspecified atom stereocenters. The molecule has 2 aromatic heterocycles. The van der Waals surface area contributed by atoms with E-state index in [1.54, 1.807) is 30.3 Å². The first kappa shape index (κ1) is 11.7. The third-order valence-electron chi connectivity index (χ3n) is 2.83. The Balaban J connectivity index is 2.39. The lowest BCUT2D eigenvalue weighted by Crippen LogP contribution is -2.32. The standard InChI is InChI=1S/C13H10N2O3S/c1-18-8-4-5-9-10(7-8)14-13(17)15(12(9)16)11-3-2-6-19-11/h2-7H,1H3,(H,14,17). The summed E-state index contributed by atoms with van der Waals surface area (Å²) in [6.45, 7) is 0. The highest BCUT2D eigenvalue weighted by molar-refractivity contribution is 7.12. The van der Waals surface area contributed by atoms with Crippen molar-refractivity contribution >= 4 is 22.2 Å². The van der Waals surface area contributed by atoms with Crippen molar-refractivity contribution in [1.29, 1.82) is 0 Å². The lowest BCUT2D eigenvalue weighted by Gasteiger charge is -2.05. The number of rotatable bonds is 2. The molecule has 0 fully saturated rings. The van der Waals surface area contributed by atoms with E-state index in [-0.39, 0.29) is 5.56 Å². The number of ether oxygens (including phenoxy) is 1. The van der Waals surface area contributed by atoms with Gasteiger partial charge in [-0.05, 0) is 29.6 Å². The molecule has 0 amide bonds. The van der Waals surface area contributed by atoms with Crippen molar-refractivity contribution in [2.75, 3.05) is 7.11 Å². The second-order valence-corrected chi connectivity index (χ2v) is 4.86. The minimum absolute atomic E-state index is 0.330. The first-order valence-corrected chi connectivity index (χ1v) is 6.45. The summed E-state index contributed by atoms with van der Waals surface area (Å²) in [5.74, 6) is 0.594. The van der Waals surface area contributed by atoms with E-state index in [9.17, 15) is 9.59 Å². The predicted octanol–water partition coefficient (Wildman–Crippen LogP) is 1.75. The summed E-state index contributed by atoms with van der Waals surface area (Å²) < 4.78 is 6.21. The maximum atomic E-state index is 12.4. The molecule has 0 bridgehead atoms. The molecule has 2 heterocycles. The molecule has 6 heteroatoms. The third kappa shape index (κ3) is 1.86. The fourth-order valence-corrected chi connectivity index (χ4v) is 2.65. The molecule has 3 aromatic rings. The molecule has 0 atom stereocenters. The van der Waals surface area contributed by atoms with Gasteiger partial charge in [-0.25, -0.2) is 9.36 Å². The average Bonchev–Trinajstić information content (AvgIpc) is 2.91. The maximum absolute atomic E-state index is 12.4. The van der Waals surface area contributed by atoms with Gasteiger partial charge >= 0.3 is 5.69 Å². The minimum atomic E-state index is -0.451. The molecule has 1 N–H and O–H groups in total.